The van der Waals surface area contributed by atoms with Gasteiger partial charge >= 0.3 is 0 Å². The smallest absolute Gasteiger partial charge is 0.234 e. The molecule has 3 unspecified atom stereocenters. The number of halogens is 1. The topological polar surface area (TPSA) is 84.4 Å². The van der Waals surface area contributed by atoms with E-state index in [4.69, 9.17) is 16.3 Å². The lowest BCUT2D eigenvalue weighted by Gasteiger charge is -2.19. The molecule has 5 heterocycles. The minimum atomic E-state index is -0.207. The molecule has 34 heavy (non-hydrogen) atoms. The number of carbonyl (C=O) groups is 2. The van der Waals surface area contributed by atoms with Crippen LogP contribution in [-0.2, 0) is 16.1 Å². The number of piperidine rings is 1. The van der Waals surface area contributed by atoms with Gasteiger partial charge in [0.1, 0.15) is 22.7 Å². The van der Waals surface area contributed by atoms with E-state index in [1.165, 1.54) is 16.2 Å². The number of nitrogens with zero attached hydrogens (tertiary/aromatic N) is 3. The van der Waals surface area contributed by atoms with E-state index in [1.54, 1.807) is 6.20 Å². The molecule has 1 N–H and O–H groups in total. The van der Waals surface area contributed by atoms with E-state index in [9.17, 15) is 9.59 Å². The molecule has 2 amide bonds. The number of nitrogens with one attached hydrogen (secondary N) is 1. The number of hydrogen-bond donors (Lipinski definition) is 1. The van der Waals surface area contributed by atoms with Gasteiger partial charge in [0, 0.05) is 23.2 Å². The molecule has 1 aliphatic carbocycles. The largest absolute Gasteiger partial charge is 0.486 e. The molecule has 2 aliphatic heterocycles. The van der Waals surface area contributed by atoms with Crippen molar-refractivity contribution >= 4 is 45.0 Å². The first-order chi connectivity index (χ1) is 16.3. The number of carbonyl (C=O) groups excluding carboxylic acids is 2. The molecular weight excluding hydrogens is 472 g/mol. The second-order valence-electron chi connectivity index (χ2n) is 10.00. The number of thiophene rings is 1. The fourth-order valence-corrected chi connectivity index (χ4v) is 6.78. The maximum Gasteiger partial charge on any atom is 0.234 e. The number of rotatable bonds is 5. The number of aromatic nitrogens is 2. The Labute approximate surface area is 206 Å². The summed E-state index contributed by atoms with van der Waals surface area (Å²) in [5.74, 6) is 0.267. The van der Waals surface area contributed by atoms with Gasteiger partial charge in [-0.05, 0) is 49.1 Å². The molecule has 7 nitrogen and oxygen atoms in total. The number of likely N-dealkylation sites (tertiary alicyclic amines) is 1. The Bertz CT molecular complexity index is 1320. The summed E-state index contributed by atoms with van der Waals surface area (Å²) in [5.41, 5.74) is 3.10. The first-order valence-electron chi connectivity index (χ1n) is 11.5. The van der Waals surface area contributed by atoms with Crippen molar-refractivity contribution in [3.8, 4) is 17.0 Å². The minimum Gasteiger partial charge on any atom is -0.486 e. The highest BCUT2D eigenvalue weighted by Crippen LogP contribution is 2.63. The highest BCUT2D eigenvalue weighted by atomic mass is 35.5. The average molecular weight is 497 g/mol. The maximum atomic E-state index is 12.8. The van der Waals surface area contributed by atoms with Crippen molar-refractivity contribution in [2.45, 2.75) is 39.8 Å². The lowest BCUT2D eigenvalue weighted by Crippen LogP contribution is -2.35. The first kappa shape index (κ1) is 21.9. The van der Waals surface area contributed by atoms with E-state index in [0.717, 1.165) is 51.5 Å². The number of pyridine rings is 2. The molecule has 1 saturated carbocycles. The molecule has 9 heteroatoms. The van der Waals surface area contributed by atoms with Gasteiger partial charge < -0.3 is 10.1 Å². The molecule has 0 radical (unpaired) electrons. The number of hydrogen-bond acceptors (Lipinski definition) is 7. The summed E-state index contributed by atoms with van der Waals surface area (Å²) < 4.78 is 7.31. The van der Waals surface area contributed by atoms with E-state index in [1.807, 2.05) is 39.0 Å². The van der Waals surface area contributed by atoms with Crippen molar-refractivity contribution in [1.29, 1.82) is 0 Å². The van der Waals surface area contributed by atoms with Gasteiger partial charge in [0.25, 0.3) is 0 Å². The van der Waals surface area contributed by atoms with Crippen LogP contribution >= 0.6 is 22.9 Å². The van der Waals surface area contributed by atoms with Gasteiger partial charge in [-0.1, -0.05) is 25.4 Å². The van der Waals surface area contributed by atoms with Gasteiger partial charge in [-0.25, -0.2) is 4.98 Å². The van der Waals surface area contributed by atoms with Crippen molar-refractivity contribution < 1.29 is 14.3 Å². The number of ether oxygens (including phenoxy) is 1. The summed E-state index contributed by atoms with van der Waals surface area (Å²) in [6.45, 7) is 7.97. The Kier molecular flexibility index (Phi) is 4.99. The van der Waals surface area contributed by atoms with Crippen LogP contribution in [0.25, 0.3) is 21.5 Å². The summed E-state index contributed by atoms with van der Waals surface area (Å²) in [5, 5.41) is 3.73. The standard InChI is InChI=1S/C25H25ClN4O3S/c1-12-8-17(26)29-20(21(12)33-13-4-6-27-10-13)15-5-7-28-16-9-14(34-22(15)16)11-30-23(31)18-19(24(30)32)25(18,2)3/h5,7-9,13,18-19,27H,4,6,10-11H2,1-3H3. The van der Waals surface area contributed by atoms with Gasteiger partial charge in [-0.15, -0.1) is 11.3 Å². The Morgan fingerprint density at radius 3 is 2.74 bits per heavy atom. The third kappa shape index (κ3) is 3.34. The molecule has 0 aromatic carbocycles. The van der Waals surface area contributed by atoms with Gasteiger partial charge in [0.15, 0.2) is 0 Å². The van der Waals surface area contributed by atoms with Crippen LogP contribution in [-0.4, -0.2) is 45.9 Å². The molecule has 176 valence electrons. The predicted molar refractivity (Wildman–Crippen MR) is 131 cm³/mol. The van der Waals surface area contributed by atoms with E-state index in [2.05, 4.69) is 15.3 Å². The lowest BCUT2D eigenvalue weighted by atomic mass is 10.1. The molecule has 3 fully saturated rings. The highest BCUT2D eigenvalue weighted by Gasteiger charge is 2.72. The Hall–Kier alpha value is -2.55. The van der Waals surface area contributed by atoms with Gasteiger partial charge in [-0.2, -0.15) is 0 Å². The highest BCUT2D eigenvalue weighted by molar-refractivity contribution is 7.19. The van der Waals surface area contributed by atoms with E-state index < -0.39 is 0 Å². The molecular formula is C25H25ClN4O3S. The zero-order valence-electron chi connectivity index (χ0n) is 19.2. The second-order valence-corrected chi connectivity index (χ2v) is 11.5. The van der Waals surface area contributed by atoms with Crippen molar-refractivity contribution in [2.24, 2.45) is 17.3 Å². The fraction of sp³-hybridized carbons (Fsp3) is 0.440. The van der Waals surface area contributed by atoms with Crippen molar-refractivity contribution in [3.05, 3.63) is 40.0 Å². The van der Waals surface area contributed by atoms with Crippen LogP contribution < -0.4 is 10.1 Å². The molecule has 3 aromatic heterocycles. The Balaban J connectivity index is 1.36. The molecule has 3 atom stereocenters. The Morgan fingerprint density at radius 2 is 2.03 bits per heavy atom. The van der Waals surface area contributed by atoms with Gasteiger partial charge in [-0.3, -0.25) is 19.5 Å². The molecule has 0 bridgehead atoms. The molecule has 3 aromatic rings. The van der Waals surface area contributed by atoms with Crippen LogP contribution in [0.3, 0.4) is 0 Å². The maximum absolute atomic E-state index is 12.8. The van der Waals surface area contributed by atoms with Crippen LogP contribution in [0.4, 0.5) is 0 Å². The van der Waals surface area contributed by atoms with E-state index in [-0.39, 0.29) is 41.7 Å². The van der Waals surface area contributed by atoms with E-state index >= 15 is 0 Å². The van der Waals surface area contributed by atoms with E-state index in [0.29, 0.717) is 10.8 Å². The SMILES string of the molecule is Cc1cc(Cl)nc(-c2ccnc3cc(CN4C(=O)C5C(C4=O)C5(C)C)sc23)c1OC1CCNC1. The first-order valence-corrected chi connectivity index (χ1v) is 12.7. The lowest BCUT2D eigenvalue weighted by molar-refractivity contribution is -0.143. The van der Waals surface area contributed by atoms with Crippen molar-refractivity contribution in [3.63, 3.8) is 0 Å². The predicted octanol–water partition coefficient (Wildman–Crippen LogP) is 4.20. The minimum absolute atomic E-state index is 0.0568. The molecule has 3 aliphatic rings. The summed E-state index contributed by atoms with van der Waals surface area (Å²) in [6, 6.07) is 5.70. The zero-order chi connectivity index (χ0) is 23.8. The van der Waals surface area contributed by atoms with Crippen LogP contribution in [0.15, 0.2) is 24.4 Å². The molecule has 2 saturated heterocycles. The quantitative estimate of drug-likeness (QED) is 0.421. The number of imide groups is 1. The van der Waals surface area contributed by atoms with Crippen molar-refractivity contribution in [1.82, 2.24) is 20.2 Å². The normalized spacial score (nSPS) is 25.3. The summed E-state index contributed by atoms with van der Waals surface area (Å²) in [4.78, 5) is 37.1. The third-order valence-electron chi connectivity index (χ3n) is 7.35. The van der Waals surface area contributed by atoms with Gasteiger partial charge in [0.2, 0.25) is 11.8 Å². The Morgan fingerprint density at radius 1 is 1.26 bits per heavy atom. The summed E-state index contributed by atoms with van der Waals surface area (Å²) in [6.07, 6.45) is 2.77. The number of aryl methyl sites for hydroxylation is 1. The van der Waals surface area contributed by atoms with Crippen LogP contribution in [0.1, 0.15) is 30.7 Å². The third-order valence-corrected chi connectivity index (χ3v) is 8.69. The van der Waals surface area contributed by atoms with Crippen LogP contribution in [0, 0.1) is 24.2 Å². The van der Waals surface area contributed by atoms with Crippen LogP contribution in [0.5, 0.6) is 5.75 Å². The summed E-state index contributed by atoms with van der Waals surface area (Å²) >= 11 is 7.89. The summed E-state index contributed by atoms with van der Waals surface area (Å²) in [7, 11) is 0. The van der Waals surface area contributed by atoms with Gasteiger partial charge in [0.05, 0.1) is 28.6 Å². The fourth-order valence-electron chi connectivity index (χ4n) is 5.42. The average Bonchev–Trinajstić information content (AvgIpc) is 3.24. The molecule has 6 rings (SSSR count). The monoisotopic (exact) mass is 496 g/mol. The zero-order valence-corrected chi connectivity index (χ0v) is 20.8. The number of fused-ring (bicyclic) bond motifs is 2. The van der Waals surface area contributed by atoms with Crippen molar-refractivity contribution in [2.75, 3.05) is 13.1 Å². The van der Waals surface area contributed by atoms with Crippen LogP contribution in [0.2, 0.25) is 5.15 Å². The second kappa shape index (κ2) is 7.73. The molecule has 0 spiro atoms. The number of amides is 2.